The van der Waals surface area contributed by atoms with Gasteiger partial charge in [-0.3, -0.25) is 4.79 Å². The van der Waals surface area contributed by atoms with Gasteiger partial charge < -0.3 is 29.4 Å². The SMILES string of the molecule is CC(=O)N(C)c1ccc2c(ccn2Cc2ccc(C(C)C)cc2)c1.CNC(=O)Nc1ccc2c(ccn2Cc2ccc(C3CCOC3)cc2)c1. The quantitative estimate of drug-likeness (QED) is 0.170. The Labute approximate surface area is 294 Å². The molecule has 50 heavy (non-hydrogen) atoms. The third-order valence-corrected chi connectivity index (χ3v) is 9.60. The van der Waals surface area contributed by atoms with Crippen LogP contribution in [0.4, 0.5) is 16.2 Å². The van der Waals surface area contributed by atoms with Crippen LogP contribution in [0.15, 0.2) is 109 Å². The lowest BCUT2D eigenvalue weighted by atomic mass is 9.97. The average molecular weight is 670 g/mol. The lowest BCUT2D eigenvalue weighted by Gasteiger charge is -2.15. The van der Waals surface area contributed by atoms with Gasteiger partial charge in [0.2, 0.25) is 5.91 Å². The number of hydrogen-bond donors (Lipinski definition) is 2. The van der Waals surface area contributed by atoms with E-state index >= 15 is 0 Å². The van der Waals surface area contributed by atoms with Gasteiger partial charge in [-0.2, -0.15) is 0 Å². The lowest BCUT2D eigenvalue weighted by Crippen LogP contribution is -2.24. The first-order valence-electron chi connectivity index (χ1n) is 17.3. The second kappa shape index (κ2) is 15.5. The van der Waals surface area contributed by atoms with E-state index in [4.69, 9.17) is 4.74 Å². The van der Waals surface area contributed by atoms with Gasteiger partial charge >= 0.3 is 6.03 Å². The minimum absolute atomic E-state index is 0.0408. The topological polar surface area (TPSA) is 80.5 Å². The van der Waals surface area contributed by atoms with E-state index in [0.29, 0.717) is 11.8 Å². The van der Waals surface area contributed by atoms with E-state index in [9.17, 15) is 9.59 Å². The Kier molecular flexibility index (Phi) is 10.7. The second-order valence-electron chi connectivity index (χ2n) is 13.4. The number of anilines is 2. The average Bonchev–Trinajstić information content (AvgIpc) is 3.90. The van der Waals surface area contributed by atoms with E-state index in [1.54, 1.807) is 25.9 Å². The predicted molar refractivity (Wildman–Crippen MR) is 204 cm³/mol. The molecule has 1 unspecified atom stereocenters. The van der Waals surface area contributed by atoms with E-state index in [0.717, 1.165) is 60.4 Å². The van der Waals surface area contributed by atoms with Crippen LogP contribution in [-0.2, 0) is 22.6 Å². The van der Waals surface area contributed by atoms with Crippen LogP contribution in [0.25, 0.3) is 21.8 Å². The highest BCUT2D eigenvalue weighted by molar-refractivity contribution is 5.94. The van der Waals surface area contributed by atoms with Gasteiger partial charge in [-0.15, -0.1) is 0 Å². The van der Waals surface area contributed by atoms with E-state index in [1.165, 1.54) is 27.8 Å². The highest BCUT2D eigenvalue weighted by atomic mass is 16.5. The molecule has 1 fully saturated rings. The molecule has 6 aromatic rings. The zero-order chi connectivity index (χ0) is 35.2. The zero-order valence-corrected chi connectivity index (χ0v) is 29.6. The minimum atomic E-state index is -0.212. The number of nitrogens with zero attached hydrogens (tertiary/aromatic N) is 3. The number of urea groups is 1. The van der Waals surface area contributed by atoms with Crippen molar-refractivity contribution in [3.63, 3.8) is 0 Å². The monoisotopic (exact) mass is 669 g/mol. The summed E-state index contributed by atoms with van der Waals surface area (Å²) in [6, 6.07) is 33.8. The number of benzene rings is 4. The van der Waals surface area contributed by atoms with Gasteiger partial charge in [0.1, 0.15) is 0 Å². The molecule has 2 aromatic heterocycles. The zero-order valence-electron chi connectivity index (χ0n) is 29.6. The summed E-state index contributed by atoms with van der Waals surface area (Å²) < 4.78 is 9.96. The number of rotatable bonds is 8. The molecule has 1 atom stereocenters. The lowest BCUT2D eigenvalue weighted by molar-refractivity contribution is -0.116. The number of nitrogens with one attached hydrogen (secondary N) is 2. The van der Waals surface area contributed by atoms with Gasteiger partial charge in [0.15, 0.2) is 0 Å². The molecule has 7 rings (SSSR count). The smallest absolute Gasteiger partial charge is 0.318 e. The standard InChI is InChI=1S/C21H23N3O2.C21H24N2O/c1-22-21(25)23-19-6-7-20-17(12-19)8-10-24(20)13-15-2-4-16(5-3-15)18-9-11-26-14-18;1-15(2)18-7-5-17(6-8-18)14-23-12-11-19-13-20(9-10-21(19)23)22(4)16(3)24/h2-8,10,12,18H,9,11,13-14H2,1H3,(H2,22,23,25);5-13,15H,14H2,1-4H3. The summed E-state index contributed by atoms with van der Waals surface area (Å²) in [4.78, 5) is 24.6. The van der Waals surface area contributed by atoms with E-state index < -0.39 is 0 Å². The van der Waals surface area contributed by atoms with Crippen molar-refractivity contribution in [1.82, 2.24) is 14.5 Å². The van der Waals surface area contributed by atoms with Crippen LogP contribution in [0.3, 0.4) is 0 Å². The van der Waals surface area contributed by atoms with E-state index in [1.807, 2.05) is 24.3 Å². The molecule has 0 bridgehead atoms. The summed E-state index contributed by atoms with van der Waals surface area (Å²) >= 11 is 0. The number of aromatic nitrogens is 2. The van der Waals surface area contributed by atoms with Crippen LogP contribution in [-0.4, -0.2) is 48.4 Å². The summed E-state index contributed by atoms with van der Waals surface area (Å²) in [7, 11) is 3.41. The largest absolute Gasteiger partial charge is 0.381 e. The summed E-state index contributed by atoms with van der Waals surface area (Å²) in [5, 5.41) is 7.63. The number of carbonyl (C=O) groups is 2. The fourth-order valence-electron chi connectivity index (χ4n) is 6.42. The van der Waals surface area contributed by atoms with Crippen LogP contribution in [0.1, 0.15) is 61.3 Å². The molecular weight excluding hydrogens is 622 g/mol. The molecule has 0 radical (unpaired) electrons. The maximum absolute atomic E-state index is 11.5. The normalized spacial score (nSPS) is 14.1. The van der Waals surface area contributed by atoms with Crippen molar-refractivity contribution >= 4 is 45.1 Å². The summed E-state index contributed by atoms with van der Waals surface area (Å²) in [6.07, 6.45) is 5.32. The fourth-order valence-corrected chi connectivity index (χ4v) is 6.42. The predicted octanol–water partition coefficient (Wildman–Crippen LogP) is 8.74. The molecule has 8 heteroatoms. The van der Waals surface area contributed by atoms with Crippen LogP contribution in [0.2, 0.25) is 0 Å². The van der Waals surface area contributed by atoms with Gasteiger partial charge in [0.05, 0.1) is 6.61 Å². The van der Waals surface area contributed by atoms with Gasteiger partial charge in [-0.25, -0.2) is 4.79 Å². The number of ether oxygens (including phenoxy) is 1. The van der Waals surface area contributed by atoms with Crippen molar-refractivity contribution in [2.24, 2.45) is 0 Å². The number of amides is 3. The van der Waals surface area contributed by atoms with Gasteiger partial charge in [-0.05, 0) is 83.1 Å². The molecule has 1 aliphatic heterocycles. The first-order valence-corrected chi connectivity index (χ1v) is 17.3. The van der Waals surface area contributed by atoms with Crippen LogP contribution in [0, 0.1) is 0 Å². The summed E-state index contributed by atoms with van der Waals surface area (Å²) in [5.74, 6) is 1.14. The Balaban J connectivity index is 0.000000174. The Bertz CT molecular complexity index is 2070. The van der Waals surface area contributed by atoms with Crippen molar-refractivity contribution in [3.8, 4) is 0 Å². The van der Waals surface area contributed by atoms with Crippen molar-refractivity contribution in [2.75, 3.05) is 37.5 Å². The highest BCUT2D eigenvalue weighted by Crippen LogP contribution is 2.27. The first-order chi connectivity index (χ1) is 24.2. The summed E-state index contributed by atoms with van der Waals surface area (Å²) in [6.45, 7) is 9.40. The van der Waals surface area contributed by atoms with E-state index in [-0.39, 0.29) is 11.9 Å². The minimum Gasteiger partial charge on any atom is -0.381 e. The Morgan fingerprint density at radius 2 is 1.42 bits per heavy atom. The van der Waals surface area contributed by atoms with Crippen LogP contribution < -0.4 is 15.5 Å². The summed E-state index contributed by atoms with van der Waals surface area (Å²) in [5.41, 5.74) is 9.36. The Hall–Kier alpha value is -5.34. The second-order valence-corrected chi connectivity index (χ2v) is 13.4. The molecule has 4 aromatic carbocycles. The molecule has 0 aliphatic carbocycles. The van der Waals surface area contributed by atoms with E-state index in [2.05, 4.69) is 119 Å². The third kappa shape index (κ3) is 8.09. The molecule has 258 valence electrons. The molecule has 3 amide bonds. The molecule has 3 heterocycles. The molecule has 0 spiro atoms. The van der Waals surface area contributed by atoms with Crippen LogP contribution >= 0.6 is 0 Å². The molecule has 1 aliphatic rings. The maximum Gasteiger partial charge on any atom is 0.318 e. The number of hydrogen-bond acceptors (Lipinski definition) is 3. The number of carbonyl (C=O) groups excluding carboxylic acids is 2. The maximum atomic E-state index is 11.5. The third-order valence-electron chi connectivity index (χ3n) is 9.60. The van der Waals surface area contributed by atoms with Gasteiger partial charge in [0, 0.05) is 92.2 Å². The van der Waals surface area contributed by atoms with Gasteiger partial charge in [0.25, 0.3) is 0 Å². The number of fused-ring (bicyclic) bond motifs is 2. The van der Waals surface area contributed by atoms with Crippen molar-refractivity contribution < 1.29 is 14.3 Å². The molecule has 2 N–H and O–H groups in total. The molecule has 8 nitrogen and oxygen atoms in total. The first kappa shape index (κ1) is 34.5. The highest BCUT2D eigenvalue weighted by Gasteiger charge is 2.17. The van der Waals surface area contributed by atoms with Crippen molar-refractivity contribution in [2.45, 2.75) is 52.1 Å². The van der Waals surface area contributed by atoms with Crippen molar-refractivity contribution in [1.29, 1.82) is 0 Å². The van der Waals surface area contributed by atoms with Crippen LogP contribution in [0.5, 0.6) is 0 Å². The molecule has 1 saturated heterocycles. The Morgan fingerprint density at radius 1 is 0.820 bits per heavy atom. The molecular formula is C42H47N5O3. The molecule has 0 saturated carbocycles. The van der Waals surface area contributed by atoms with Crippen molar-refractivity contribution in [3.05, 3.63) is 132 Å². The Morgan fingerprint density at radius 3 is 1.98 bits per heavy atom. The van der Waals surface area contributed by atoms with Gasteiger partial charge in [-0.1, -0.05) is 62.4 Å². The fraction of sp³-hybridized carbons (Fsp3) is 0.286.